The minimum atomic E-state index is -0.382. The van der Waals surface area contributed by atoms with Gasteiger partial charge in [-0.1, -0.05) is 30.3 Å². The summed E-state index contributed by atoms with van der Waals surface area (Å²) in [4.78, 5) is 39.3. The molecule has 1 unspecified atom stereocenters. The van der Waals surface area contributed by atoms with E-state index in [0.717, 1.165) is 17.5 Å². The number of hydrogen-bond acceptors (Lipinski definition) is 3. The lowest BCUT2D eigenvalue weighted by Gasteiger charge is -2.31. The summed E-state index contributed by atoms with van der Waals surface area (Å²) in [6, 6.07) is 12.4. The van der Waals surface area contributed by atoms with Crippen LogP contribution in [0.5, 0.6) is 0 Å². The maximum absolute atomic E-state index is 13.1. The highest BCUT2D eigenvalue weighted by atomic mass is 16.2. The number of rotatable bonds is 4. The lowest BCUT2D eigenvalue weighted by molar-refractivity contribution is -0.123. The summed E-state index contributed by atoms with van der Waals surface area (Å²) in [6.45, 7) is 4.82. The average Bonchev–Trinajstić information content (AvgIpc) is 2.69. The number of benzene rings is 2. The number of hydrogen-bond donors (Lipinski definition) is 1. The number of carbonyl (C=O) groups excluding carboxylic acids is 3. The van der Waals surface area contributed by atoms with Gasteiger partial charge in [-0.05, 0) is 49.9 Å². The molecule has 1 heterocycles. The first kappa shape index (κ1) is 18.8. The van der Waals surface area contributed by atoms with Crippen LogP contribution in [0.3, 0.4) is 0 Å². The Bertz CT molecular complexity index is 904. The van der Waals surface area contributed by atoms with Crippen molar-refractivity contribution in [2.24, 2.45) is 11.7 Å². The van der Waals surface area contributed by atoms with Crippen LogP contribution >= 0.6 is 0 Å². The van der Waals surface area contributed by atoms with Crippen molar-refractivity contribution in [3.05, 3.63) is 70.3 Å². The van der Waals surface area contributed by atoms with Gasteiger partial charge in [0.05, 0.1) is 11.5 Å². The van der Waals surface area contributed by atoms with Gasteiger partial charge in [0.15, 0.2) is 5.78 Å². The van der Waals surface area contributed by atoms with Crippen LogP contribution in [0.15, 0.2) is 42.5 Å². The molecule has 5 heteroatoms. The van der Waals surface area contributed by atoms with Gasteiger partial charge in [-0.2, -0.15) is 0 Å². The van der Waals surface area contributed by atoms with Gasteiger partial charge in [-0.25, -0.2) is 0 Å². The van der Waals surface area contributed by atoms with Crippen LogP contribution in [-0.4, -0.2) is 35.6 Å². The first-order valence-corrected chi connectivity index (χ1v) is 9.18. The number of primary amides is 1. The molecule has 0 saturated carbocycles. The highest BCUT2D eigenvalue weighted by Crippen LogP contribution is 2.22. The lowest BCUT2D eigenvalue weighted by atomic mass is 9.93. The molecule has 1 atom stereocenters. The van der Waals surface area contributed by atoms with Crippen LogP contribution in [0.2, 0.25) is 0 Å². The number of amides is 2. The molecule has 3 rings (SSSR count). The minimum Gasteiger partial charge on any atom is -0.369 e. The Morgan fingerprint density at radius 3 is 2.37 bits per heavy atom. The minimum absolute atomic E-state index is 0.175. The van der Waals surface area contributed by atoms with E-state index in [0.29, 0.717) is 36.2 Å². The van der Waals surface area contributed by atoms with Gasteiger partial charge >= 0.3 is 0 Å². The molecule has 2 amide bonds. The first-order chi connectivity index (χ1) is 12.9. The molecule has 27 heavy (non-hydrogen) atoms. The molecule has 0 aromatic heterocycles. The quantitative estimate of drug-likeness (QED) is 0.847. The van der Waals surface area contributed by atoms with Crippen LogP contribution in [0.1, 0.15) is 50.2 Å². The molecule has 1 aliphatic heterocycles. The second-order valence-electron chi connectivity index (χ2n) is 7.17. The molecule has 2 aromatic rings. The fraction of sp³-hybridized carbons (Fsp3) is 0.318. The Morgan fingerprint density at radius 1 is 1.00 bits per heavy atom. The number of aryl methyl sites for hydroxylation is 2. The van der Waals surface area contributed by atoms with Gasteiger partial charge in [0.2, 0.25) is 5.91 Å². The maximum Gasteiger partial charge on any atom is 0.254 e. The number of carbonyl (C=O) groups is 3. The van der Waals surface area contributed by atoms with Gasteiger partial charge in [-0.15, -0.1) is 0 Å². The number of ketones is 1. The van der Waals surface area contributed by atoms with Gasteiger partial charge in [0, 0.05) is 24.2 Å². The summed E-state index contributed by atoms with van der Waals surface area (Å²) < 4.78 is 0. The van der Waals surface area contributed by atoms with E-state index in [1.165, 1.54) is 0 Å². The highest BCUT2D eigenvalue weighted by molar-refractivity contribution is 6.15. The lowest BCUT2D eigenvalue weighted by Crippen LogP contribution is -2.44. The molecule has 0 radical (unpaired) electrons. The molecule has 140 valence electrons. The number of likely N-dealkylation sites (tertiary alicyclic amines) is 1. The Balaban J connectivity index is 1.91. The molecule has 1 fully saturated rings. The first-order valence-electron chi connectivity index (χ1n) is 9.18. The third-order valence-electron chi connectivity index (χ3n) is 5.28. The summed E-state index contributed by atoms with van der Waals surface area (Å²) in [5.74, 6) is -1.11. The zero-order chi connectivity index (χ0) is 19.6. The fourth-order valence-electron chi connectivity index (χ4n) is 3.47. The Morgan fingerprint density at radius 2 is 1.70 bits per heavy atom. The van der Waals surface area contributed by atoms with E-state index in [9.17, 15) is 14.4 Å². The van der Waals surface area contributed by atoms with Gasteiger partial charge in [-0.3, -0.25) is 14.4 Å². The predicted molar refractivity (Wildman–Crippen MR) is 104 cm³/mol. The second-order valence-corrected chi connectivity index (χ2v) is 7.17. The SMILES string of the molecule is Cc1ccc(C(=O)c2ccccc2C(=O)N2CCCC(C(N)=O)C2)cc1C. The normalized spacial score (nSPS) is 16.8. The second kappa shape index (κ2) is 7.74. The Kier molecular flexibility index (Phi) is 5.40. The van der Waals surface area contributed by atoms with Crippen molar-refractivity contribution in [2.45, 2.75) is 26.7 Å². The smallest absolute Gasteiger partial charge is 0.254 e. The van der Waals surface area contributed by atoms with Gasteiger partial charge in [0.25, 0.3) is 5.91 Å². The van der Waals surface area contributed by atoms with Crippen molar-refractivity contribution in [1.29, 1.82) is 0 Å². The number of nitrogens with zero attached hydrogens (tertiary/aromatic N) is 1. The van der Waals surface area contributed by atoms with Crippen molar-refractivity contribution in [1.82, 2.24) is 4.90 Å². The van der Waals surface area contributed by atoms with E-state index in [1.807, 2.05) is 26.0 Å². The van der Waals surface area contributed by atoms with Crippen LogP contribution in [0.25, 0.3) is 0 Å². The van der Waals surface area contributed by atoms with Crippen LogP contribution in [0.4, 0.5) is 0 Å². The maximum atomic E-state index is 13.1. The zero-order valence-corrected chi connectivity index (χ0v) is 15.7. The molecular weight excluding hydrogens is 340 g/mol. The summed E-state index contributed by atoms with van der Waals surface area (Å²) in [5, 5.41) is 0. The number of nitrogens with two attached hydrogens (primary N) is 1. The monoisotopic (exact) mass is 364 g/mol. The summed E-state index contributed by atoms with van der Waals surface area (Å²) in [5.41, 5.74) is 8.87. The van der Waals surface area contributed by atoms with E-state index >= 15 is 0 Å². The Hall–Kier alpha value is -2.95. The molecule has 2 N–H and O–H groups in total. The summed E-state index contributed by atoms with van der Waals surface area (Å²) in [6.07, 6.45) is 1.43. The third-order valence-corrected chi connectivity index (χ3v) is 5.28. The molecule has 1 aliphatic rings. The van der Waals surface area contributed by atoms with Gasteiger partial charge < -0.3 is 10.6 Å². The van der Waals surface area contributed by atoms with Crippen LogP contribution in [-0.2, 0) is 4.79 Å². The molecule has 0 bridgehead atoms. The molecule has 0 spiro atoms. The standard InChI is InChI=1S/C22H24N2O3/c1-14-9-10-16(12-15(14)2)20(25)18-7-3-4-8-19(18)22(27)24-11-5-6-17(13-24)21(23)26/h3-4,7-10,12,17H,5-6,11,13H2,1-2H3,(H2,23,26). The largest absolute Gasteiger partial charge is 0.369 e. The summed E-state index contributed by atoms with van der Waals surface area (Å²) in [7, 11) is 0. The topological polar surface area (TPSA) is 80.5 Å². The molecule has 2 aromatic carbocycles. The van der Waals surface area contributed by atoms with E-state index in [2.05, 4.69) is 0 Å². The van der Waals surface area contributed by atoms with E-state index < -0.39 is 0 Å². The third kappa shape index (κ3) is 3.92. The van der Waals surface area contributed by atoms with Crippen molar-refractivity contribution >= 4 is 17.6 Å². The van der Waals surface area contributed by atoms with E-state index in [1.54, 1.807) is 35.2 Å². The number of piperidine rings is 1. The zero-order valence-electron chi connectivity index (χ0n) is 15.7. The molecule has 5 nitrogen and oxygen atoms in total. The van der Waals surface area contributed by atoms with Gasteiger partial charge in [0.1, 0.15) is 0 Å². The van der Waals surface area contributed by atoms with E-state index in [4.69, 9.17) is 5.73 Å². The van der Waals surface area contributed by atoms with Crippen molar-refractivity contribution < 1.29 is 14.4 Å². The molecule has 0 aliphatic carbocycles. The van der Waals surface area contributed by atoms with Crippen molar-refractivity contribution in [2.75, 3.05) is 13.1 Å². The van der Waals surface area contributed by atoms with Crippen molar-refractivity contribution in [3.8, 4) is 0 Å². The predicted octanol–water partition coefficient (Wildman–Crippen LogP) is 2.87. The molecular formula is C22H24N2O3. The summed E-state index contributed by atoms with van der Waals surface area (Å²) >= 11 is 0. The Labute approximate surface area is 159 Å². The fourth-order valence-corrected chi connectivity index (χ4v) is 3.47. The van der Waals surface area contributed by atoms with E-state index in [-0.39, 0.29) is 23.5 Å². The van der Waals surface area contributed by atoms with Crippen LogP contribution < -0.4 is 5.73 Å². The highest BCUT2D eigenvalue weighted by Gasteiger charge is 2.29. The molecule has 1 saturated heterocycles. The van der Waals surface area contributed by atoms with Crippen LogP contribution in [0, 0.1) is 19.8 Å². The average molecular weight is 364 g/mol. The van der Waals surface area contributed by atoms with Crippen molar-refractivity contribution in [3.63, 3.8) is 0 Å².